The van der Waals surface area contributed by atoms with Gasteiger partial charge >= 0.3 is 5.97 Å². The number of carbonyl (C=O) groups excluding carboxylic acids is 6. The van der Waals surface area contributed by atoms with Crippen molar-refractivity contribution in [3.8, 4) is 0 Å². The van der Waals surface area contributed by atoms with Crippen LogP contribution in [-0.2, 0) is 39.9 Å². The fraction of sp³-hybridized carbons (Fsp3) is 0.684. The number of hydrogen-bond donors (Lipinski definition) is 7. The molecule has 4 unspecified atom stereocenters. The molecule has 1 heterocycles. The van der Waals surface area contributed by atoms with Gasteiger partial charge in [-0.25, -0.2) is 4.79 Å². The number of hydrogen-bond acceptors (Lipinski definition) is 9. The Morgan fingerprint density at radius 1 is 0.731 bits per heavy atom. The fourth-order valence-electron chi connectivity index (χ4n) is 5.95. The number of esters is 1. The molecule has 0 saturated carbocycles. The highest BCUT2D eigenvalue weighted by Crippen LogP contribution is 2.18. The number of unbranched alkanes of at least 4 members (excludes halogenated alkanes) is 4. The average molecular weight is 732 g/mol. The Labute approximate surface area is 308 Å². The summed E-state index contributed by atoms with van der Waals surface area (Å²) in [4.78, 5) is 81.7. The van der Waals surface area contributed by atoms with Gasteiger partial charge in [0, 0.05) is 6.42 Å². The highest BCUT2D eigenvalue weighted by atomic mass is 16.5. The molecule has 7 N–H and O–H groups in total. The van der Waals surface area contributed by atoms with Crippen molar-refractivity contribution in [1.29, 1.82) is 0 Å². The zero-order valence-corrected chi connectivity index (χ0v) is 31.6. The highest BCUT2D eigenvalue weighted by Gasteiger charge is 2.36. The molecular weight excluding hydrogens is 670 g/mol. The number of ether oxygens (including phenoxy) is 1. The van der Waals surface area contributed by atoms with Gasteiger partial charge < -0.3 is 41.5 Å². The minimum atomic E-state index is -1.59. The van der Waals surface area contributed by atoms with Crippen LogP contribution in [0.3, 0.4) is 0 Å². The van der Waals surface area contributed by atoms with Gasteiger partial charge in [-0.1, -0.05) is 97.1 Å². The van der Waals surface area contributed by atoms with E-state index in [0.717, 1.165) is 25.7 Å². The van der Waals surface area contributed by atoms with Crippen LogP contribution in [0.1, 0.15) is 105 Å². The molecule has 0 aromatic heterocycles. The van der Waals surface area contributed by atoms with E-state index in [1.165, 1.54) is 6.92 Å². The minimum absolute atomic E-state index is 0.00822. The normalized spacial score (nSPS) is 25.6. The van der Waals surface area contributed by atoms with E-state index in [-0.39, 0.29) is 25.2 Å². The van der Waals surface area contributed by atoms with Gasteiger partial charge in [-0.15, -0.1) is 0 Å². The summed E-state index contributed by atoms with van der Waals surface area (Å²) in [5.41, 5.74) is 0.690. The van der Waals surface area contributed by atoms with Crippen LogP contribution in [0.4, 0.5) is 0 Å². The summed E-state index contributed by atoms with van der Waals surface area (Å²) in [5, 5.41) is 33.6. The van der Waals surface area contributed by atoms with Crippen LogP contribution in [0.25, 0.3) is 0 Å². The Kier molecular flexibility index (Phi) is 19.3. The maximum atomic E-state index is 14.0. The molecule has 1 aliphatic rings. The number of nitrogens with one attached hydrogen (secondary N) is 5. The molecule has 52 heavy (non-hydrogen) atoms. The smallest absolute Gasteiger partial charge is 0.329 e. The third-order valence-corrected chi connectivity index (χ3v) is 9.24. The molecule has 1 fully saturated rings. The lowest BCUT2D eigenvalue weighted by atomic mass is 9.97. The first kappa shape index (κ1) is 44.1. The van der Waals surface area contributed by atoms with Gasteiger partial charge in [0.2, 0.25) is 29.5 Å². The van der Waals surface area contributed by atoms with Gasteiger partial charge in [-0.3, -0.25) is 24.0 Å². The lowest BCUT2D eigenvalue weighted by Gasteiger charge is -2.29. The van der Waals surface area contributed by atoms with E-state index in [2.05, 4.69) is 33.5 Å². The molecule has 1 aromatic carbocycles. The van der Waals surface area contributed by atoms with Crippen molar-refractivity contribution in [3.63, 3.8) is 0 Å². The Morgan fingerprint density at radius 3 is 1.92 bits per heavy atom. The summed E-state index contributed by atoms with van der Waals surface area (Å²) in [6.45, 7) is 9.86. The zero-order valence-electron chi connectivity index (χ0n) is 31.6. The van der Waals surface area contributed by atoms with E-state index in [9.17, 15) is 39.0 Å². The molecular formula is C38H61N5O9. The summed E-state index contributed by atoms with van der Waals surface area (Å²) in [6, 6.07) is 2.26. The maximum Gasteiger partial charge on any atom is 0.329 e. The van der Waals surface area contributed by atoms with E-state index < -0.39 is 90.4 Å². The standard InChI is InChI=1S/C38H61N5O9/c1-7-9-10-11-15-18-27-21-31(46)39-28(19-23(3)4)34(47)41-30(22-44)36(49)43-33(25(6)45)37(50)40-29(20-26-16-13-12-14-17-26)35(48)42-32(24(5)8-2)38(51)52-27/h12-14,16-17,23-25,27-30,32-33,44-45H,7-11,15,18-22H2,1-6H3,(H,39,46)(H,40,50)(H,41,47)(H,42,48)(H,43,49)/t24?,25-,27?,28-,29+,30?,32?,33-/m0/s1. The van der Waals surface area contributed by atoms with Gasteiger partial charge in [0.1, 0.15) is 36.3 Å². The Balaban J connectivity index is 2.60. The van der Waals surface area contributed by atoms with Crippen molar-refractivity contribution in [1.82, 2.24) is 26.6 Å². The number of carbonyl (C=O) groups is 6. The van der Waals surface area contributed by atoms with Crippen molar-refractivity contribution in [2.45, 2.75) is 148 Å². The van der Waals surface area contributed by atoms with Crippen molar-refractivity contribution < 1.29 is 43.7 Å². The summed E-state index contributed by atoms with van der Waals surface area (Å²) < 4.78 is 5.97. The number of aliphatic hydroxyl groups excluding tert-OH is 2. The molecule has 0 bridgehead atoms. The maximum absolute atomic E-state index is 14.0. The second-order valence-electron chi connectivity index (χ2n) is 14.3. The first-order valence-corrected chi connectivity index (χ1v) is 18.7. The predicted octanol–water partition coefficient (Wildman–Crippen LogP) is 1.79. The van der Waals surface area contributed by atoms with Crippen LogP contribution in [0.5, 0.6) is 0 Å². The molecule has 1 saturated heterocycles. The summed E-state index contributed by atoms with van der Waals surface area (Å²) in [6.07, 6.45) is 3.15. The third-order valence-electron chi connectivity index (χ3n) is 9.24. The second kappa shape index (κ2) is 22.8. The van der Waals surface area contributed by atoms with Crippen LogP contribution < -0.4 is 26.6 Å². The SMILES string of the molecule is CCCCCCCC1CC(=O)N[C@@H](CC(C)C)C(=O)NC(CO)C(=O)N[C@@H]([C@H](C)O)C(=O)N[C@H](Cc2ccccc2)C(=O)NC(C(C)CC)C(=O)O1. The van der Waals surface area contributed by atoms with E-state index in [0.29, 0.717) is 24.8 Å². The molecule has 0 radical (unpaired) electrons. The highest BCUT2D eigenvalue weighted by molar-refractivity contribution is 5.96. The fourth-order valence-corrected chi connectivity index (χ4v) is 5.95. The van der Waals surface area contributed by atoms with Gasteiger partial charge in [-0.2, -0.15) is 0 Å². The van der Waals surface area contributed by atoms with Crippen LogP contribution >= 0.6 is 0 Å². The molecule has 8 atom stereocenters. The van der Waals surface area contributed by atoms with Crippen LogP contribution in [0.15, 0.2) is 30.3 Å². The first-order chi connectivity index (χ1) is 24.7. The number of amides is 5. The summed E-state index contributed by atoms with van der Waals surface area (Å²) in [5.74, 6) is -5.04. The first-order valence-electron chi connectivity index (χ1n) is 18.7. The third kappa shape index (κ3) is 14.9. The second-order valence-corrected chi connectivity index (χ2v) is 14.3. The number of aliphatic hydroxyl groups is 2. The van der Waals surface area contributed by atoms with Crippen LogP contribution in [-0.4, -0.2) is 94.7 Å². The van der Waals surface area contributed by atoms with Crippen molar-refractivity contribution in [2.75, 3.05) is 6.61 Å². The predicted molar refractivity (Wildman–Crippen MR) is 195 cm³/mol. The Bertz CT molecular complexity index is 1310. The van der Waals surface area contributed by atoms with Gasteiger partial charge in [-0.05, 0) is 43.6 Å². The molecule has 2 rings (SSSR count). The van der Waals surface area contributed by atoms with Gasteiger partial charge in [0.05, 0.1) is 19.1 Å². The quantitative estimate of drug-likeness (QED) is 0.110. The number of cyclic esters (lactones) is 1. The molecule has 14 nitrogen and oxygen atoms in total. The van der Waals surface area contributed by atoms with Crippen molar-refractivity contribution in [3.05, 3.63) is 35.9 Å². The van der Waals surface area contributed by atoms with Gasteiger partial charge in [0.15, 0.2) is 0 Å². The Morgan fingerprint density at radius 2 is 1.33 bits per heavy atom. The summed E-state index contributed by atoms with van der Waals surface area (Å²) >= 11 is 0. The molecule has 14 heteroatoms. The van der Waals surface area contributed by atoms with Crippen LogP contribution in [0, 0.1) is 11.8 Å². The number of benzene rings is 1. The van der Waals surface area contributed by atoms with E-state index in [1.54, 1.807) is 37.3 Å². The molecule has 0 aliphatic carbocycles. The van der Waals surface area contributed by atoms with E-state index >= 15 is 0 Å². The molecule has 292 valence electrons. The largest absolute Gasteiger partial charge is 0.460 e. The minimum Gasteiger partial charge on any atom is -0.460 e. The summed E-state index contributed by atoms with van der Waals surface area (Å²) in [7, 11) is 0. The van der Waals surface area contributed by atoms with E-state index in [1.807, 2.05) is 20.8 Å². The molecule has 5 amide bonds. The van der Waals surface area contributed by atoms with Crippen molar-refractivity contribution in [2.24, 2.45) is 11.8 Å². The van der Waals surface area contributed by atoms with Crippen LogP contribution in [0.2, 0.25) is 0 Å². The van der Waals surface area contributed by atoms with Crippen molar-refractivity contribution >= 4 is 35.5 Å². The Hall–Kier alpha value is -4.04. The lowest BCUT2D eigenvalue weighted by Crippen LogP contribution is -2.62. The molecule has 1 aliphatic heterocycles. The molecule has 0 spiro atoms. The zero-order chi connectivity index (χ0) is 38.8. The lowest BCUT2D eigenvalue weighted by molar-refractivity contribution is -0.156. The number of rotatable bonds is 14. The van der Waals surface area contributed by atoms with E-state index in [4.69, 9.17) is 4.74 Å². The van der Waals surface area contributed by atoms with Gasteiger partial charge in [0.25, 0.3) is 0 Å². The monoisotopic (exact) mass is 731 g/mol. The molecule has 1 aromatic rings. The average Bonchev–Trinajstić information content (AvgIpc) is 3.09. The topological polar surface area (TPSA) is 212 Å².